The first-order chi connectivity index (χ1) is 13.5. The molecule has 2 aromatic rings. The highest BCUT2D eigenvalue weighted by Crippen LogP contribution is 2.25. The van der Waals surface area contributed by atoms with Crippen LogP contribution in [-0.4, -0.2) is 17.9 Å². The molecule has 1 aliphatic carbocycles. The second-order valence-corrected chi connectivity index (χ2v) is 7.42. The molecule has 0 aromatic heterocycles. The molecule has 1 saturated carbocycles. The van der Waals surface area contributed by atoms with Gasteiger partial charge in [0.25, 0.3) is 5.91 Å². The maximum absolute atomic E-state index is 12.5. The molecule has 28 heavy (non-hydrogen) atoms. The first kappa shape index (κ1) is 19.9. The Morgan fingerprint density at radius 2 is 1.64 bits per heavy atom. The zero-order chi connectivity index (χ0) is 19.9. The second-order valence-electron chi connectivity index (χ2n) is 7.42. The van der Waals surface area contributed by atoms with Crippen LogP contribution in [0, 0.1) is 12.8 Å². The molecule has 0 spiro atoms. The summed E-state index contributed by atoms with van der Waals surface area (Å²) in [5.41, 5.74) is 2.31. The van der Waals surface area contributed by atoms with Gasteiger partial charge in [-0.15, -0.1) is 0 Å². The molecule has 0 heterocycles. The van der Waals surface area contributed by atoms with Crippen LogP contribution >= 0.6 is 0 Å². The van der Waals surface area contributed by atoms with Crippen LogP contribution < -0.4 is 15.4 Å². The van der Waals surface area contributed by atoms with Crippen molar-refractivity contribution in [2.45, 2.75) is 52.1 Å². The second kappa shape index (κ2) is 9.40. The number of hydrogen-bond acceptors (Lipinski definition) is 3. The third-order valence-corrected chi connectivity index (χ3v) is 5.14. The standard InChI is InChI=1S/C23H28N2O3/c1-16-9-6-7-14-21(16)28-17(2)22(26)24-19-12-8-13-20(15-19)25-23(27)18-10-4-3-5-11-18/h6-9,12-15,17-18H,3-5,10-11H2,1-2H3,(H,24,26)(H,25,27). The summed E-state index contributed by atoms with van der Waals surface area (Å²) in [4.78, 5) is 24.9. The maximum Gasteiger partial charge on any atom is 0.265 e. The molecule has 2 aromatic carbocycles. The lowest BCUT2D eigenvalue weighted by atomic mass is 9.88. The van der Waals surface area contributed by atoms with Gasteiger partial charge < -0.3 is 15.4 Å². The van der Waals surface area contributed by atoms with E-state index in [4.69, 9.17) is 4.74 Å². The molecule has 1 fully saturated rings. The molecule has 1 atom stereocenters. The average Bonchev–Trinajstić information content (AvgIpc) is 2.70. The molecular weight excluding hydrogens is 352 g/mol. The van der Waals surface area contributed by atoms with Gasteiger partial charge in [0.2, 0.25) is 5.91 Å². The summed E-state index contributed by atoms with van der Waals surface area (Å²) in [6.45, 7) is 3.66. The molecule has 0 aliphatic heterocycles. The van der Waals surface area contributed by atoms with Crippen LogP contribution in [0.15, 0.2) is 48.5 Å². The van der Waals surface area contributed by atoms with Gasteiger partial charge in [-0.25, -0.2) is 0 Å². The molecule has 5 heteroatoms. The van der Waals surface area contributed by atoms with Crippen molar-refractivity contribution in [2.24, 2.45) is 5.92 Å². The van der Waals surface area contributed by atoms with Crippen molar-refractivity contribution in [3.8, 4) is 5.75 Å². The Hall–Kier alpha value is -2.82. The van der Waals surface area contributed by atoms with E-state index in [2.05, 4.69) is 10.6 Å². The van der Waals surface area contributed by atoms with Crippen molar-refractivity contribution in [1.29, 1.82) is 0 Å². The van der Waals surface area contributed by atoms with E-state index in [0.717, 1.165) is 31.2 Å². The number of rotatable bonds is 6. The number of ether oxygens (including phenoxy) is 1. The van der Waals surface area contributed by atoms with E-state index in [1.54, 1.807) is 19.1 Å². The Labute approximate surface area is 166 Å². The van der Waals surface area contributed by atoms with Gasteiger partial charge in [-0.1, -0.05) is 43.5 Å². The minimum Gasteiger partial charge on any atom is -0.481 e. The molecule has 0 radical (unpaired) electrons. The van der Waals surface area contributed by atoms with Crippen LogP contribution in [0.4, 0.5) is 11.4 Å². The summed E-state index contributed by atoms with van der Waals surface area (Å²) in [5, 5.41) is 5.84. The molecule has 148 valence electrons. The fourth-order valence-corrected chi connectivity index (χ4v) is 3.46. The number of benzene rings is 2. The van der Waals surface area contributed by atoms with E-state index in [-0.39, 0.29) is 17.7 Å². The highest BCUT2D eigenvalue weighted by atomic mass is 16.5. The van der Waals surface area contributed by atoms with Crippen LogP contribution in [-0.2, 0) is 9.59 Å². The zero-order valence-electron chi connectivity index (χ0n) is 16.5. The number of carbonyl (C=O) groups excluding carboxylic acids is 2. The van der Waals surface area contributed by atoms with Crippen molar-refractivity contribution in [2.75, 3.05) is 10.6 Å². The van der Waals surface area contributed by atoms with Crippen LogP contribution in [0.1, 0.15) is 44.6 Å². The summed E-state index contributed by atoms with van der Waals surface area (Å²) in [7, 11) is 0. The number of nitrogens with one attached hydrogen (secondary N) is 2. The number of amides is 2. The largest absolute Gasteiger partial charge is 0.481 e. The minimum absolute atomic E-state index is 0.0689. The third-order valence-electron chi connectivity index (χ3n) is 5.14. The molecular formula is C23H28N2O3. The van der Waals surface area contributed by atoms with E-state index in [1.807, 2.05) is 43.3 Å². The Bertz CT molecular complexity index is 828. The predicted molar refractivity (Wildman–Crippen MR) is 112 cm³/mol. The summed E-state index contributed by atoms with van der Waals surface area (Å²) < 4.78 is 5.77. The summed E-state index contributed by atoms with van der Waals surface area (Å²) >= 11 is 0. The third kappa shape index (κ3) is 5.35. The first-order valence-corrected chi connectivity index (χ1v) is 9.97. The van der Waals surface area contributed by atoms with Crippen LogP contribution in [0.25, 0.3) is 0 Å². The van der Waals surface area contributed by atoms with Crippen LogP contribution in [0.2, 0.25) is 0 Å². The first-order valence-electron chi connectivity index (χ1n) is 9.97. The molecule has 1 unspecified atom stereocenters. The van der Waals surface area contributed by atoms with Gasteiger partial charge in [-0.05, 0) is 56.5 Å². The molecule has 2 amide bonds. The lowest BCUT2D eigenvalue weighted by Gasteiger charge is -2.21. The highest BCUT2D eigenvalue weighted by molar-refractivity contribution is 5.96. The van der Waals surface area contributed by atoms with Crippen molar-refractivity contribution in [3.63, 3.8) is 0 Å². The fourth-order valence-electron chi connectivity index (χ4n) is 3.46. The predicted octanol–water partition coefficient (Wildman–Crippen LogP) is 4.92. The van der Waals surface area contributed by atoms with Gasteiger partial charge in [0.1, 0.15) is 5.75 Å². The van der Waals surface area contributed by atoms with Crippen molar-refractivity contribution in [3.05, 3.63) is 54.1 Å². The van der Waals surface area contributed by atoms with E-state index >= 15 is 0 Å². The topological polar surface area (TPSA) is 67.4 Å². The summed E-state index contributed by atoms with van der Waals surface area (Å²) in [6, 6.07) is 14.8. The van der Waals surface area contributed by atoms with E-state index in [1.165, 1.54) is 6.42 Å². The van der Waals surface area contributed by atoms with Gasteiger partial charge in [0.15, 0.2) is 6.10 Å². The lowest BCUT2D eigenvalue weighted by molar-refractivity contribution is -0.122. The van der Waals surface area contributed by atoms with Gasteiger partial charge in [-0.2, -0.15) is 0 Å². The Balaban J connectivity index is 1.58. The number of anilines is 2. The van der Waals surface area contributed by atoms with Gasteiger partial charge >= 0.3 is 0 Å². The minimum atomic E-state index is -0.637. The maximum atomic E-state index is 12.5. The van der Waals surface area contributed by atoms with Crippen molar-refractivity contribution in [1.82, 2.24) is 0 Å². The van der Waals surface area contributed by atoms with E-state index in [9.17, 15) is 9.59 Å². The molecule has 0 saturated heterocycles. The average molecular weight is 380 g/mol. The molecule has 0 bridgehead atoms. The number of carbonyl (C=O) groups is 2. The number of para-hydroxylation sites is 1. The normalized spacial score (nSPS) is 15.5. The highest BCUT2D eigenvalue weighted by Gasteiger charge is 2.21. The molecule has 5 nitrogen and oxygen atoms in total. The Kier molecular flexibility index (Phi) is 6.69. The van der Waals surface area contributed by atoms with E-state index < -0.39 is 6.10 Å². The quantitative estimate of drug-likeness (QED) is 0.747. The molecule has 3 rings (SSSR count). The SMILES string of the molecule is Cc1ccccc1OC(C)C(=O)Nc1cccc(NC(=O)C2CCCCC2)c1. The van der Waals surface area contributed by atoms with E-state index in [0.29, 0.717) is 17.1 Å². The summed E-state index contributed by atoms with van der Waals surface area (Å²) in [6.07, 6.45) is 4.72. The van der Waals surface area contributed by atoms with Crippen molar-refractivity contribution < 1.29 is 14.3 Å². The number of aryl methyl sites for hydroxylation is 1. The fraction of sp³-hybridized carbons (Fsp3) is 0.391. The van der Waals surface area contributed by atoms with Crippen molar-refractivity contribution >= 4 is 23.2 Å². The Morgan fingerprint density at radius 3 is 2.36 bits per heavy atom. The summed E-state index contributed by atoms with van der Waals surface area (Å²) in [5.74, 6) is 0.617. The monoisotopic (exact) mass is 380 g/mol. The zero-order valence-corrected chi connectivity index (χ0v) is 16.5. The molecule has 2 N–H and O–H groups in total. The van der Waals surface area contributed by atoms with Gasteiger partial charge in [0.05, 0.1) is 0 Å². The Morgan fingerprint density at radius 1 is 0.964 bits per heavy atom. The smallest absolute Gasteiger partial charge is 0.265 e. The molecule has 1 aliphatic rings. The number of hydrogen-bond donors (Lipinski definition) is 2. The lowest BCUT2D eigenvalue weighted by Crippen LogP contribution is -2.30. The van der Waals surface area contributed by atoms with Gasteiger partial charge in [0, 0.05) is 17.3 Å². The van der Waals surface area contributed by atoms with Gasteiger partial charge in [-0.3, -0.25) is 9.59 Å². The van der Waals surface area contributed by atoms with Crippen LogP contribution in [0.3, 0.4) is 0 Å². The van der Waals surface area contributed by atoms with Crippen LogP contribution in [0.5, 0.6) is 5.75 Å².